The first-order valence-corrected chi connectivity index (χ1v) is 8.94. The molecule has 6 nitrogen and oxygen atoms in total. The van der Waals surface area contributed by atoms with Crippen LogP contribution in [0.3, 0.4) is 0 Å². The third-order valence-corrected chi connectivity index (χ3v) is 5.15. The maximum Gasteiger partial charge on any atom is 0.233 e. The standard InChI is InChI=1S/C20H24N2O4/c1-13(14-7-9-15(26-2)10-8-14)21-18(23)11-12-22-19(24)16-5-3-4-6-17(16)20(22)25/h3-4,7-10,13,16-17H,5-6,11-12H2,1-2H3,(H,21,23)/t13-,16-,17+/m1/s1. The molecule has 3 amide bonds. The largest absolute Gasteiger partial charge is 0.497 e. The number of nitrogens with zero attached hydrogens (tertiary/aromatic N) is 1. The van der Waals surface area contributed by atoms with Crippen molar-refractivity contribution in [2.24, 2.45) is 11.8 Å². The molecule has 1 aliphatic heterocycles. The fraction of sp³-hybridized carbons (Fsp3) is 0.450. The Labute approximate surface area is 153 Å². The fourth-order valence-corrected chi connectivity index (χ4v) is 3.59. The Hall–Kier alpha value is -2.63. The van der Waals surface area contributed by atoms with Crippen molar-refractivity contribution in [3.63, 3.8) is 0 Å². The van der Waals surface area contributed by atoms with Crippen LogP contribution in [-0.2, 0) is 14.4 Å². The van der Waals surface area contributed by atoms with E-state index in [-0.39, 0.29) is 48.6 Å². The molecule has 26 heavy (non-hydrogen) atoms. The lowest BCUT2D eigenvalue weighted by atomic mass is 9.85. The molecule has 1 aromatic carbocycles. The van der Waals surface area contributed by atoms with Gasteiger partial charge in [-0.25, -0.2) is 0 Å². The number of likely N-dealkylation sites (tertiary alicyclic amines) is 1. The molecule has 0 radical (unpaired) electrons. The van der Waals surface area contributed by atoms with Crippen LogP contribution in [0.1, 0.15) is 37.8 Å². The molecule has 2 aliphatic rings. The lowest BCUT2D eigenvalue weighted by Crippen LogP contribution is -2.36. The molecule has 1 heterocycles. The molecule has 0 spiro atoms. The van der Waals surface area contributed by atoms with Gasteiger partial charge in [-0.15, -0.1) is 0 Å². The number of carbonyl (C=O) groups excluding carboxylic acids is 3. The number of fused-ring (bicyclic) bond motifs is 1. The van der Waals surface area contributed by atoms with E-state index in [1.807, 2.05) is 43.3 Å². The van der Waals surface area contributed by atoms with E-state index in [9.17, 15) is 14.4 Å². The van der Waals surface area contributed by atoms with Gasteiger partial charge in [-0.2, -0.15) is 0 Å². The summed E-state index contributed by atoms with van der Waals surface area (Å²) in [4.78, 5) is 38.3. The Morgan fingerprint density at radius 1 is 1.15 bits per heavy atom. The van der Waals surface area contributed by atoms with Crippen LogP contribution in [0.2, 0.25) is 0 Å². The Balaban J connectivity index is 1.52. The van der Waals surface area contributed by atoms with Gasteiger partial charge in [-0.3, -0.25) is 19.3 Å². The third kappa shape index (κ3) is 3.64. The van der Waals surface area contributed by atoms with Crippen LogP contribution < -0.4 is 10.1 Å². The van der Waals surface area contributed by atoms with Gasteiger partial charge in [0.2, 0.25) is 17.7 Å². The summed E-state index contributed by atoms with van der Waals surface area (Å²) in [6.07, 6.45) is 5.27. The van der Waals surface area contributed by atoms with Gasteiger partial charge in [0.05, 0.1) is 25.0 Å². The summed E-state index contributed by atoms with van der Waals surface area (Å²) >= 11 is 0. The number of nitrogens with one attached hydrogen (secondary N) is 1. The van der Waals surface area contributed by atoms with Crippen molar-refractivity contribution in [3.05, 3.63) is 42.0 Å². The van der Waals surface area contributed by atoms with Gasteiger partial charge < -0.3 is 10.1 Å². The predicted octanol–water partition coefficient (Wildman–Crippen LogP) is 2.21. The van der Waals surface area contributed by atoms with Crippen LogP contribution >= 0.6 is 0 Å². The minimum Gasteiger partial charge on any atom is -0.497 e. The van der Waals surface area contributed by atoms with E-state index in [1.165, 1.54) is 4.90 Å². The normalized spacial score (nSPS) is 22.9. The average molecular weight is 356 g/mol. The van der Waals surface area contributed by atoms with Crippen molar-refractivity contribution < 1.29 is 19.1 Å². The van der Waals surface area contributed by atoms with Crippen LogP contribution in [-0.4, -0.2) is 36.3 Å². The van der Waals surface area contributed by atoms with Crippen molar-refractivity contribution in [2.45, 2.75) is 32.2 Å². The fourth-order valence-electron chi connectivity index (χ4n) is 3.59. The van der Waals surface area contributed by atoms with Gasteiger partial charge >= 0.3 is 0 Å². The maximum absolute atomic E-state index is 12.4. The van der Waals surface area contributed by atoms with E-state index in [0.717, 1.165) is 11.3 Å². The molecule has 3 rings (SSSR count). The van der Waals surface area contributed by atoms with Crippen LogP contribution in [0.5, 0.6) is 5.75 Å². The summed E-state index contributed by atoms with van der Waals surface area (Å²) in [6, 6.07) is 7.32. The van der Waals surface area contributed by atoms with Gasteiger partial charge in [0, 0.05) is 13.0 Å². The Bertz CT molecular complexity index is 700. The smallest absolute Gasteiger partial charge is 0.233 e. The van der Waals surface area contributed by atoms with E-state index < -0.39 is 0 Å². The Morgan fingerprint density at radius 2 is 1.73 bits per heavy atom. The molecule has 6 heteroatoms. The second kappa shape index (κ2) is 7.72. The molecule has 0 bridgehead atoms. The quantitative estimate of drug-likeness (QED) is 0.626. The number of ether oxygens (including phenoxy) is 1. The first-order valence-electron chi connectivity index (χ1n) is 8.94. The number of hydrogen-bond donors (Lipinski definition) is 1. The Kier molecular flexibility index (Phi) is 5.40. The van der Waals surface area contributed by atoms with Crippen LogP contribution in [0.4, 0.5) is 0 Å². The summed E-state index contributed by atoms with van der Waals surface area (Å²) in [5.41, 5.74) is 0.963. The summed E-state index contributed by atoms with van der Waals surface area (Å²) < 4.78 is 5.12. The maximum atomic E-state index is 12.4. The highest BCUT2D eigenvalue weighted by Gasteiger charge is 2.46. The zero-order valence-electron chi connectivity index (χ0n) is 15.1. The first-order chi connectivity index (χ1) is 12.5. The number of hydrogen-bond acceptors (Lipinski definition) is 4. The highest BCUT2D eigenvalue weighted by atomic mass is 16.5. The molecule has 1 N–H and O–H groups in total. The number of imide groups is 1. The Morgan fingerprint density at radius 3 is 2.27 bits per heavy atom. The second-order valence-corrected chi connectivity index (χ2v) is 6.80. The summed E-state index contributed by atoms with van der Waals surface area (Å²) in [5.74, 6) is -0.181. The minimum absolute atomic E-state index is 0.116. The lowest BCUT2D eigenvalue weighted by Gasteiger charge is -2.17. The van der Waals surface area contributed by atoms with Crippen molar-refractivity contribution in [1.29, 1.82) is 0 Å². The van der Waals surface area contributed by atoms with Gasteiger partial charge in [-0.05, 0) is 37.5 Å². The number of rotatable bonds is 6. The first kappa shape index (κ1) is 18.2. The van der Waals surface area contributed by atoms with Crippen LogP contribution in [0.25, 0.3) is 0 Å². The average Bonchev–Trinajstić information content (AvgIpc) is 2.91. The highest BCUT2D eigenvalue weighted by molar-refractivity contribution is 6.05. The summed E-state index contributed by atoms with van der Waals surface area (Å²) in [7, 11) is 1.60. The van der Waals surface area contributed by atoms with E-state index in [1.54, 1.807) is 7.11 Å². The zero-order valence-corrected chi connectivity index (χ0v) is 15.1. The van der Waals surface area contributed by atoms with Crippen molar-refractivity contribution in [3.8, 4) is 5.75 Å². The molecule has 138 valence electrons. The molecule has 0 aromatic heterocycles. The lowest BCUT2D eigenvalue weighted by molar-refractivity contribution is -0.140. The van der Waals surface area contributed by atoms with Gasteiger partial charge in [0.25, 0.3) is 0 Å². The van der Waals surface area contributed by atoms with Gasteiger partial charge in [0.1, 0.15) is 5.75 Å². The SMILES string of the molecule is COc1ccc([C@@H](C)NC(=O)CCN2C(=O)[C@H]3CC=CC[C@H]3C2=O)cc1. The molecule has 1 aromatic rings. The molecule has 3 atom stereocenters. The summed E-state index contributed by atoms with van der Waals surface area (Å²) in [5, 5.41) is 2.91. The molecule has 0 unspecified atom stereocenters. The van der Waals surface area contributed by atoms with Gasteiger partial charge in [0.15, 0.2) is 0 Å². The summed E-state index contributed by atoms with van der Waals surface area (Å²) in [6.45, 7) is 2.04. The highest BCUT2D eigenvalue weighted by Crippen LogP contribution is 2.35. The molecular weight excluding hydrogens is 332 g/mol. The number of amides is 3. The number of methoxy groups -OCH3 is 1. The molecule has 1 fully saturated rings. The van der Waals surface area contributed by atoms with Crippen LogP contribution in [0, 0.1) is 11.8 Å². The number of carbonyl (C=O) groups is 3. The van der Waals surface area contributed by atoms with Crippen molar-refractivity contribution >= 4 is 17.7 Å². The van der Waals surface area contributed by atoms with E-state index in [4.69, 9.17) is 4.74 Å². The zero-order chi connectivity index (χ0) is 18.7. The second-order valence-electron chi connectivity index (χ2n) is 6.80. The van der Waals surface area contributed by atoms with Crippen LogP contribution in [0.15, 0.2) is 36.4 Å². The third-order valence-electron chi connectivity index (χ3n) is 5.15. The number of allylic oxidation sites excluding steroid dienone is 2. The monoisotopic (exact) mass is 356 g/mol. The minimum atomic E-state index is -0.242. The molecule has 0 saturated carbocycles. The predicted molar refractivity (Wildman–Crippen MR) is 96.2 cm³/mol. The van der Waals surface area contributed by atoms with Gasteiger partial charge in [-0.1, -0.05) is 24.3 Å². The van der Waals surface area contributed by atoms with E-state index >= 15 is 0 Å². The molecule has 1 aliphatic carbocycles. The molecular formula is C20H24N2O4. The molecule has 1 saturated heterocycles. The van der Waals surface area contributed by atoms with E-state index in [2.05, 4.69) is 5.32 Å². The van der Waals surface area contributed by atoms with Crippen molar-refractivity contribution in [1.82, 2.24) is 10.2 Å². The number of benzene rings is 1. The van der Waals surface area contributed by atoms with E-state index in [0.29, 0.717) is 12.8 Å². The van der Waals surface area contributed by atoms with Crippen molar-refractivity contribution in [2.75, 3.05) is 13.7 Å². The topological polar surface area (TPSA) is 75.7 Å².